The van der Waals surface area contributed by atoms with Crippen LogP contribution in [0.5, 0.6) is 0 Å². The van der Waals surface area contributed by atoms with Crippen molar-refractivity contribution in [3.8, 4) is 0 Å². The van der Waals surface area contributed by atoms with E-state index < -0.39 is 5.67 Å². The number of halogens is 1. The smallest absolute Gasteiger partial charge is 0.317 e. The number of hydrogen-bond donors (Lipinski definition) is 2. The van der Waals surface area contributed by atoms with E-state index in [0.717, 1.165) is 0 Å². The minimum atomic E-state index is -1.35. The van der Waals surface area contributed by atoms with Crippen LogP contribution in [0.4, 0.5) is 4.39 Å². The molecule has 15 heavy (non-hydrogen) atoms. The summed E-state index contributed by atoms with van der Waals surface area (Å²) in [5, 5.41) is 5.54. The standard InChI is InChI=1S/C10H20FN3O/c1-7(2)9(13)14-8(12)5-15-6-10(3,4)11/h7H,5-6H2,1-4H3,(H3,12,13,14)/p+1. The van der Waals surface area contributed by atoms with Crippen LogP contribution in [0.25, 0.3) is 0 Å². The summed E-state index contributed by atoms with van der Waals surface area (Å²) in [7, 11) is 0. The minimum absolute atomic E-state index is 0.00912. The van der Waals surface area contributed by atoms with Crippen molar-refractivity contribution < 1.29 is 14.5 Å². The Bertz CT molecular complexity index is 244. The quantitative estimate of drug-likeness (QED) is 0.500. The molecule has 0 saturated carbocycles. The Morgan fingerprint density at radius 1 is 1.53 bits per heavy atom. The van der Waals surface area contributed by atoms with Crippen molar-refractivity contribution in [3.63, 3.8) is 0 Å². The largest absolute Gasteiger partial charge is 0.366 e. The Morgan fingerprint density at radius 3 is 2.47 bits per heavy atom. The van der Waals surface area contributed by atoms with E-state index in [0.29, 0.717) is 5.84 Å². The number of nitrogens with two attached hydrogens (primary N) is 2. The molecule has 0 radical (unpaired) electrons. The Morgan fingerprint density at radius 2 is 2.07 bits per heavy atom. The van der Waals surface area contributed by atoms with Gasteiger partial charge >= 0.3 is 5.84 Å². The molecule has 0 atom stereocenters. The van der Waals surface area contributed by atoms with E-state index in [1.807, 2.05) is 13.8 Å². The molecule has 5 heteroatoms. The van der Waals surface area contributed by atoms with E-state index in [1.54, 1.807) is 0 Å². The molecule has 88 valence electrons. The summed E-state index contributed by atoms with van der Waals surface area (Å²) in [6.45, 7) is 6.80. The molecule has 0 unspecified atom stereocenters. The van der Waals surface area contributed by atoms with Gasteiger partial charge in [-0.3, -0.25) is 5.41 Å². The summed E-state index contributed by atoms with van der Waals surface area (Å²) in [4.78, 5) is 3.94. The van der Waals surface area contributed by atoms with E-state index in [9.17, 15) is 4.39 Å². The number of nitrogens with zero attached hydrogens (tertiary/aromatic N) is 1. The van der Waals surface area contributed by atoms with Gasteiger partial charge in [-0.1, -0.05) is 13.8 Å². The van der Waals surface area contributed by atoms with E-state index in [2.05, 4.69) is 4.99 Å². The van der Waals surface area contributed by atoms with Gasteiger partial charge in [-0.05, 0) is 18.8 Å². The maximum absolute atomic E-state index is 13.0. The van der Waals surface area contributed by atoms with E-state index in [1.165, 1.54) is 13.8 Å². The van der Waals surface area contributed by atoms with Gasteiger partial charge in [-0.2, -0.15) is 0 Å². The van der Waals surface area contributed by atoms with Crippen LogP contribution in [-0.2, 0) is 4.74 Å². The van der Waals surface area contributed by atoms with Crippen molar-refractivity contribution in [2.24, 2.45) is 16.6 Å². The topological polar surface area (TPSA) is 73.2 Å². The molecule has 4 N–H and O–H groups in total. The SMILES string of the molecule is CC(C)C(N)=NC(=[NH2+])COCC(C)(C)F. The summed E-state index contributed by atoms with van der Waals surface area (Å²) in [6.07, 6.45) is 0. The van der Waals surface area contributed by atoms with Crippen molar-refractivity contribution in [2.75, 3.05) is 13.2 Å². The molecule has 0 aliphatic heterocycles. The molecule has 0 rings (SSSR count). The number of rotatable bonds is 5. The van der Waals surface area contributed by atoms with Gasteiger partial charge in [0.2, 0.25) is 5.84 Å². The molecular weight excluding hydrogens is 197 g/mol. The zero-order chi connectivity index (χ0) is 12.1. The van der Waals surface area contributed by atoms with Gasteiger partial charge in [0.1, 0.15) is 5.67 Å². The Balaban J connectivity index is 3.91. The molecule has 4 nitrogen and oxygen atoms in total. The van der Waals surface area contributed by atoms with Gasteiger partial charge in [-0.25, -0.2) is 4.39 Å². The number of alkyl halides is 1. The molecule has 0 aliphatic rings. The molecule has 0 aromatic heterocycles. The Hall–Kier alpha value is -0.970. The normalized spacial score (nSPS) is 13.3. The second kappa shape index (κ2) is 5.80. The zero-order valence-corrected chi connectivity index (χ0v) is 9.88. The third-order valence-electron chi connectivity index (χ3n) is 1.56. The number of aliphatic imine (C=N–C) groups is 1. The Labute approximate surface area is 90.2 Å². The second-order valence-corrected chi connectivity index (χ2v) is 4.39. The summed E-state index contributed by atoms with van der Waals surface area (Å²) >= 11 is 0. The maximum Gasteiger partial charge on any atom is 0.317 e. The third kappa shape index (κ3) is 8.05. The van der Waals surface area contributed by atoms with Gasteiger partial charge < -0.3 is 10.5 Å². The summed E-state index contributed by atoms with van der Waals surface area (Å²) in [6, 6.07) is 0. The van der Waals surface area contributed by atoms with E-state index in [4.69, 9.17) is 15.9 Å². The van der Waals surface area contributed by atoms with Crippen LogP contribution in [0.1, 0.15) is 27.7 Å². The third-order valence-corrected chi connectivity index (χ3v) is 1.56. The van der Waals surface area contributed by atoms with Crippen molar-refractivity contribution in [1.29, 1.82) is 0 Å². The molecule has 0 saturated heterocycles. The average Bonchev–Trinajstić information content (AvgIpc) is 2.01. The number of hydrogen-bond acceptors (Lipinski definition) is 1. The Kier molecular flexibility index (Phi) is 5.43. The summed E-state index contributed by atoms with van der Waals surface area (Å²) in [5.41, 5.74) is 4.24. The lowest BCUT2D eigenvalue weighted by molar-refractivity contribution is -0.123. The van der Waals surface area contributed by atoms with Crippen LogP contribution in [0.3, 0.4) is 0 Å². The molecule has 0 aromatic rings. The predicted molar refractivity (Wildman–Crippen MR) is 59.4 cm³/mol. The van der Waals surface area contributed by atoms with Crippen molar-refractivity contribution in [2.45, 2.75) is 33.4 Å². The van der Waals surface area contributed by atoms with Crippen molar-refractivity contribution >= 4 is 11.7 Å². The number of amidine groups is 2. The molecule has 0 spiro atoms. The zero-order valence-electron chi connectivity index (χ0n) is 9.88. The molecule has 0 fully saturated rings. The van der Waals surface area contributed by atoms with E-state index >= 15 is 0 Å². The summed E-state index contributed by atoms with van der Waals surface area (Å²) in [5.74, 6) is 0.863. The van der Waals surface area contributed by atoms with E-state index in [-0.39, 0.29) is 25.0 Å². The fraction of sp³-hybridized carbons (Fsp3) is 0.800. The lowest BCUT2D eigenvalue weighted by Crippen LogP contribution is -2.43. The predicted octanol–water partition coefficient (Wildman–Crippen LogP) is -0.0781. The van der Waals surface area contributed by atoms with Crippen molar-refractivity contribution in [1.82, 2.24) is 0 Å². The van der Waals surface area contributed by atoms with Gasteiger partial charge in [-0.15, -0.1) is 0 Å². The molecule has 0 aromatic carbocycles. The maximum atomic E-state index is 13.0. The lowest BCUT2D eigenvalue weighted by atomic mass is 10.2. The van der Waals surface area contributed by atoms with Crippen LogP contribution in [-0.4, -0.2) is 30.6 Å². The highest BCUT2D eigenvalue weighted by Crippen LogP contribution is 2.07. The highest BCUT2D eigenvalue weighted by atomic mass is 19.1. The second-order valence-electron chi connectivity index (χ2n) is 4.39. The highest BCUT2D eigenvalue weighted by molar-refractivity contribution is 5.94. The van der Waals surface area contributed by atoms with Crippen LogP contribution in [0.2, 0.25) is 0 Å². The van der Waals surface area contributed by atoms with Crippen LogP contribution in [0.15, 0.2) is 4.99 Å². The molecule has 0 amide bonds. The number of ether oxygens (including phenoxy) is 1. The van der Waals surface area contributed by atoms with Crippen LogP contribution >= 0.6 is 0 Å². The van der Waals surface area contributed by atoms with Gasteiger partial charge in [0, 0.05) is 5.92 Å². The average molecular weight is 218 g/mol. The fourth-order valence-electron chi connectivity index (χ4n) is 0.725. The van der Waals surface area contributed by atoms with Crippen molar-refractivity contribution in [3.05, 3.63) is 0 Å². The first-order valence-electron chi connectivity index (χ1n) is 4.94. The lowest BCUT2D eigenvalue weighted by Gasteiger charge is -2.12. The fourth-order valence-corrected chi connectivity index (χ4v) is 0.725. The minimum Gasteiger partial charge on any atom is -0.366 e. The summed E-state index contributed by atoms with van der Waals surface area (Å²) < 4.78 is 18.0. The molecule has 0 bridgehead atoms. The first-order chi connectivity index (χ1) is 6.72. The van der Waals surface area contributed by atoms with Gasteiger partial charge in [0.05, 0.1) is 6.61 Å². The van der Waals surface area contributed by atoms with Crippen LogP contribution in [0, 0.1) is 5.92 Å². The first-order valence-corrected chi connectivity index (χ1v) is 4.94. The first kappa shape index (κ1) is 14.0. The molecule has 0 heterocycles. The highest BCUT2D eigenvalue weighted by Gasteiger charge is 2.17. The van der Waals surface area contributed by atoms with Gasteiger partial charge in [0.15, 0.2) is 6.61 Å². The molecular formula is C10H21FN3O+. The molecule has 0 aliphatic carbocycles. The van der Waals surface area contributed by atoms with Crippen LogP contribution < -0.4 is 11.1 Å². The monoisotopic (exact) mass is 218 g/mol. The van der Waals surface area contributed by atoms with Gasteiger partial charge in [0.25, 0.3) is 0 Å².